The summed E-state index contributed by atoms with van der Waals surface area (Å²) in [6, 6.07) is 5.59. The number of pyridine rings is 1. The highest BCUT2D eigenvalue weighted by Crippen LogP contribution is 2.04. The van der Waals surface area contributed by atoms with E-state index in [4.69, 9.17) is 5.11 Å². The van der Waals surface area contributed by atoms with Gasteiger partial charge in [0, 0.05) is 6.54 Å². The van der Waals surface area contributed by atoms with Gasteiger partial charge < -0.3 is 10.4 Å². The van der Waals surface area contributed by atoms with Crippen LogP contribution in [-0.4, -0.2) is 16.6 Å². The maximum absolute atomic E-state index is 8.80. The number of anilines is 1. The first-order valence-electron chi connectivity index (χ1n) is 4.17. The third-order valence-electron chi connectivity index (χ3n) is 1.52. The number of hydrogen-bond donors (Lipinski definition) is 2. The first kappa shape index (κ1) is 9.00. The van der Waals surface area contributed by atoms with Crippen LogP contribution in [0.4, 0.5) is 5.82 Å². The topological polar surface area (TPSA) is 45.1 Å². The molecule has 1 heterocycles. The summed E-state index contributed by atoms with van der Waals surface area (Å²) in [4.78, 5) is 4.17. The highest BCUT2D eigenvalue weighted by Gasteiger charge is 1.93. The number of aromatic nitrogens is 1. The van der Waals surface area contributed by atoms with E-state index in [9.17, 15) is 0 Å². The van der Waals surface area contributed by atoms with Gasteiger partial charge in [0.1, 0.15) is 5.82 Å². The molecule has 0 unspecified atom stereocenters. The van der Waals surface area contributed by atoms with Crippen LogP contribution in [0.1, 0.15) is 19.0 Å². The normalized spacial score (nSPS) is 9.83. The Morgan fingerprint density at radius 1 is 1.50 bits per heavy atom. The van der Waals surface area contributed by atoms with Gasteiger partial charge in [0.05, 0.1) is 12.3 Å². The van der Waals surface area contributed by atoms with Gasteiger partial charge in [0.2, 0.25) is 0 Å². The van der Waals surface area contributed by atoms with Crippen molar-refractivity contribution in [1.82, 2.24) is 4.98 Å². The van der Waals surface area contributed by atoms with Gasteiger partial charge in [-0.2, -0.15) is 0 Å². The molecule has 0 saturated carbocycles. The van der Waals surface area contributed by atoms with Crippen molar-refractivity contribution in [2.75, 3.05) is 11.9 Å². The zero-order valence-corrected chi connectivity index (χ0v) is 7.25. The van der Waals surface area contributed by atoms with Crippen molar-refractivity contribution in [3.05, 3.63) is 23.9 Å². The molecule has 12 heavy (non-hydrogen) atoms. The van der Waals surface area contributed by atoms with Gasteiger partial charge in [-0.25, -0.2) is 4.98 Å². The molecule has 0 amide bonds. The average molecular weight is 166 g/mol. The smallest absolute Gasteiger partial charge is 0.126 e. The zero-order valence-electron chi connectivity index (χ0n) is 7.25. The number of rotatable bonds is 4. The maximum Gasteiger partial charge on any atom is 0.126 e. The summed E-state index contributed by atoms with van der Waals surface area (Å²) in [5.41, 5.74) is 0.705. The molecule has 0 bridgehead atoms. The Labute approximate surface area is 72.5 Å². The Kier molecular flexibility index (Phi) is 3.54. The summed E-state index contributed by atoms with van der Waals surface area (Å²) in [6.45, 7) is 3.02. The summed E-state index contributed by atoms with van der Waals surface area (Å²) >= 11 is 0. The molecule has 0 aliphatic carbocycles. The molecule has 0 aliphatic heterocycles. The summed E-state index contributed by atoms with van der Waals surface area (Å²) in [5.74, 6) is 0.836. The van der Waals surface area contributed by atoms with Crippen molar-refractivity contribution in [3.63, 3.8) is 0 Å². The molecular weight excluding hydrogens is 152 g/mol. The molecule has 0 atom stereocenters. The molecule has 3 nitrogen and oxygen atoms in total. The Hall–Kier alpha value is -1.09. The van der Waals surface area contributed by atoms with Crippen LogP contribution in [0.2, 0.25) is 0 Å². The third kappa shape index (κ3) is 2.51. The molecule has 0 saturated heterocycles. The highest BCUT2D eigenvalue weighted by atomic mass is 16.3. The number of nitrogens with one attached hydrogen (secondary N) is 1. The lowest BCUT2D eigenvalue weighted by atomic mass is 10.3. The molecule has 0 radical (unpaired) electrons. The van der Waals surface area contributed by atoms with Gasteiger partial charge in [-0.1, -0.05) is 13.0 Å². The zero-order chi connectivity index (χ0) is 8.81. The maximum atomic E-state index is 8.80. The third-order valence-corrected chi connectivity index (χ3v) is 1.52. The van der Waals surface area contributed by atoms with E-state index in [-0.39, 0.29) is 6.61 Å². The lowest BCUT2D eigenvalue weighted by Gasteiger charge is -2.03. The fourth-order valence-electron chi connectivity index (χ4n) is 0.919. The number of aliphatic hydroxyl groups is 1. The van der Waals surface area contributed by atoms with Gasteiger partial charge >= 0.3 is 0 Å². The van der Waals surface area contributed by atoms with E-state index in [0.29, 0.717) is 5.69 Å². The summed E-state index contributed by atoms with van der Waals surface area (Å²) in [5, 5.41) is 11.9. The highest BCUT2D eigenvalue weighted by molar-refractivity contribution is 5.34. The Morgan fingerprint density at radius 2 is 2.33 bits per heavy atom. The molecule has 0 fully saturated rings. The van der Waals surface area contributed by atoms with Gasteiger partial charge in [0.25, 0.3) is 0 Å². The lowest BCUT2D eigenvalue weighted by molar-refractivity contribution is 0.277. The van der Waals surface area contributed by atoms with Gasteiger partial charge in [-0.15, -0.1) is 0 Å². The van der Waals surface area contributed by atoms with Gasteiger partial charge in [0.15, 0.2) is 0 Å². The van der Waals surface area contributed by atoms with Crippen molar-refractivity contribution in [3.8, 4) is 0 Å². The summed E-state index contributed by atoms with van der Waals surface area (Å²) < 4.78 is 0. The van der Waals surface area contributed by atoms with Crippen molar-refractivity contribution in [2.24, 2.45) is 0 Å². The van der Waals surface area contributed by atoms with Crippen LogP contribution in [0.3, 0.4) is 0 Å². The monoisotopic (exact) mass is 166 g/mol. The molecule has 1 aromatic heterocycles. The molecule has 66 valence electrons. The minimum atomic E-state index is 0.00163. The van der Waals surface area contributed by atoms with Crippen LogP contribution in [0, 0.1) is 0 Å². The molecule has 0 spiro atoms. The average Bonchev–Trinajstić information content (AvgIpc) is 2.15. The van der Waals surface area contributed by atoms with Crippen LogP contribution in [0.25, 0.3) is 0 Å². The minimum absolute atomic E-state index is 0.00163. The summed E-state index contributed by atoms with van der Waals surface area (Å²) in [7, 11) is 0. The second-order valence-corrected chi connectivity index (χ2v) is 2.60. The van der Waals surface area contributed by atoms with E-state index in [0.717, 1.165) is 18.8 Å². The van der Waals surface area contributed by atoms with Crippen LogP contribution in [-0.2, 0) is 6.61 Å². The van der Waals surface area contributed by atoms with Gasteiger partial charge in [-0.05, 0) is 18.6 Å². The fraction of sp³-hybridized carbons (Fsp3) is 0.444. The standard InChI is InChI=1S/C9H14N2O/c1-2-6-10-9-5-3-4-8(7-12)11-9/h3-5,12H,2,6-7H2,1H3,(H,10,11). The molecular formula is C9H14N2O. The Morgan fingerprint density at radius 3 is 3.00 bits per heavy atom. The first-order chi connectivity index (χ1) is 5.86. The van der Waals surface area contributed by atoms with E-state index in [1.54, 1.807) is 6.07 Å². The first-order valence-corrected chi connectivity index (χ1v) is 4.17. The molecule has 0 aromatic carbocycles. The van der Waals surface area contributed by atoms with Crippen LogP contribution < -0.4 is 5.32 Å². The molecule has 1 aromatic rings. The molecule has 1 rings (SSSR count). The van der Waals surface area contributed by atoms with Crippen molar-refractivity contribution < 1.29 is 5.11 Å². The van der Waals surface area contributed by atoms with E-state index >= 15 is 0 Å². The number of aliphatic hydroxyl groups excluding tert-OH is 1. The predicted octanol–water partition coefficient (Wildman–Crippen LogP) is 1.40. The van der Waals surface area contributed by atoms with Crippen LogP contribution >= 0.6 is 0 Å². The molecule has 0 aliphatic rings. The van der Waals surface area contributed by atoms with Gasteiger partial charge in [-0.3, -0.25) is 0 Å². The van der Waals surface area contributed by atoms with E-state index in [2.05, 4.69) is 17.2 Å². The minimum Gasteiger partial charge on any atom is -0.390 e. The molecule has 3 heteroatoms. The largest absolute Gasteiger partial charge is 0.390 e. The van der Waals surface area contributed by atoms with E-state index in [1.807, 2.05) is 12.1 Å². The second kappa shape index (κ2) is 4.72. The SMILES string of the molecule is CCCNc1cccc(CO)n1. The Bertz CT molecular complexity index is 238. The van der Waals surface area contributed by atoms with Crippen molar-refractivity contribution in [1.29, 1.82) is 0 Å². The Balaban J connectivity index is 2.60. The van der Waals surface area contributed by atoms with Crippen molar-refractivity contribution in [2.45, 2.75) is 20.0 Å². The second-order valence-electron chi connectivity index (χ2n) is 2.60. The van der Waals surface area contributed by atoms with Crippen molar-refractivity contribution >= 4 is 5.82 Å². The number of hydrogen-bond acceptors (Lipinski definition) is 3. The van der Waals surface area contributed by atoms with Crippen LogP contribution in [0.15, 0.2) is 18.2 Å². The van der Waals surface area contributed by atoms with Crippen LogP contribution in [0.5, 0.6) is 0 Å². The van der Waals surface area contributed by atoms with E-state index in [1.165, 1.54) is 0 Å². The fourth-order valence-corrected chi connectivity index (χ4v) is 0.919. The molecule has 2 N–H and O–H groups in total. The predicted molar refractivity (Wildman–Crippen MR) is 48.9 cm³/mol. The van der Waals surface area contributed by atoms with E-state index < -0.39 is 0 Å². The summed E-state index contributed by atoms with van der Waals surface area (Å²) in [6.07, 6.45) is 1.07. The number of nitrogens with zero attached hydrogens (tertiary/aromatic N) is 1. The lowest BCUT2D eigenvalue weighted by Crippen LogP contribution is -2.02. The quantitative estimate of drug-likeness (QED) is 0.710.